The van der Waals surface area contributed by atoms with Crippen molar-refractivity contribution < 1.29 is 29.6 Å². The van der Waals surface area contributed by atoms with Crippen molar-refractivity contribution in [2.75, 3.05) is 0 Å². The summed E-state index contributed by atoms with van der Waals surface area (Å²) in [5, 5.41) is 8.47. The van der Waals surface area contributed by atoms with E-state index in [0.717, 1.165) is 0 Å². The van der Waals surface area contributed by atoms with Crippen LogP contribution in [-0.2, 0) is 12.6 Å². The molecule has 1 nitrogen and oxygen atoms in total. The molecule has 0 saturated heterocycles. The van der Waals surface area contributed by atoms with Crippen LogP contribution in [0.3, 0.4) is 0 Å². The summed E-state index contributed by atoms with van der Waals surface area (Å²) >= 11 is 3.70. The third-order valence-corrected chi connectivity index (χ3v) is 0. The molecule has 0 N–H and O–H groups in total. The summed E-state index contributed by atoms with van der Waals surface area (Å²) in [6.07, 6.45) is 0. The molecule has 0 amide bonds. The molecule has 0 fully saturated rings. The Bertz CT molecular complexity index is 32.3. The molecule has 3 heteroatoms. The van der Waals surface area contributed by atoms with Crippen LogP contribution >= 0.6 is 0 Å². The van der Waals surface area contributed by atoms with Crippen LogP contribution in [0.5, 0.6) is 0 Å². The van der Waals surface area contributed by atoms with Gasteiger partial charge in [0.1, 0.15) is 0 Å². The summed E-state index contributed by atoms with van der Waals surface area (Å²) in [7, 11) is 0. The number of hydrogen-bond acceptors (Lipinski definition) is 2. The van der Waals surface area contributed by atoms with Crippen LogP contribution in [0.1, 0.15) is 13.8 Å². The molecule has 30 valence electrons. The molecule has 0 heterocycles. The van der Waals surface area contributed by atoms with Gasteiger partial charge in [-0.1, -0.05) is 19.2 Å². The van der Waals surface area contributed by atoms with Crippen LogP contribution in [0.15, 0.2) is 0 Å². The van der Waals surface area contributed by atoms with Gasteiger partial charge in [0.25, 0.3) is 0 Å². The first-order valence-corrected chi connectivity index (χ1v) is 1.84. The molecule has 0 radical (unpaired) electrons. The van der Waals surface area contributed by atoms with Crippen LogP contribution in [0.2, 0.25) is 0 Å². The molecule has 0 rings (SSSR count). The van der Waals surface area contributed by atoms with Gasteiger partial charge in [-0.15, -0.1) is 0 Å². The first kappa shape index (κ1) is 15.9. The van der Waals surface area contributed by atoms with Gasteiger partial charge in [0.2, 0.25) is 0 Å². The van der Waals surface area contributed by atoms with Gasteiger partial charge in [-0.2, -0.15) is 0 Å². The van der Waals surface area contributed by atoms with E-state index in [1.54, 1.807) is 0 Å². The van der Waals surface area contributed by atoms with Crippen molar-refractivity contribution in [1.29, 1.82) is 5.26 Å². The Labute approximate surface area is 66.4 Å². The number of rotatable bonds is 0. The molecule has 0 aliphatic rings. The molecule has 0 aromatic rings. The van der Waals surface area contributed by atoms with E-state index >= 15 is 0 Å². The minimum absolute atomic E-state index is 0. The molecule has 0 saturated carbocycles. The Morgan fingerprint density at radius 1 is 1.50 bits per heavy atom. The number of nitriles is 1. The van der Waals surface area contributed by atoms with E-state index in [1.165, 1.54) is 5.40 Å². The summed E-state index contributed by atoms with van der Waals surface area (Å²) in [5.74, 6) is 0. The van der Waals surface area contributed by atoms with Crippen LogP contribution in [0, 0.1) is 10.7 Å². The molecule has 0 bridgehead atoms. The zero-order chi connectivity index (χ0) is 4.71. The standard InChI is InChI=1S/C2H6.CHNS.Na/c1-2;2-1-3;/h1-2H3;3H;/q;;+1/p-1. The van der Waals surface area contributed by atoms with Crippen molar-refractivity contribution in [2.24, 2.45) is 0 Å². The van der Waals surface area contributed by atoms with Crippen molar-refractivity contribution in [1.82, 2.24) is 0 Å². The quantitative estimate of drug-likeness (QED) is 0.206. The van der Waals surface area contributed by atoms with E-state index in [0.29, 0.717) is 0 Å². The van der Waals surface area contributed by atoms with Crippen molar-refractivity contribution >= 4 is 12.6 Å². The fraction of sp³-hybridized carbons (Fsp3) is 0.667. The minimum atomic E-state index is 0. The zero-order valence-electron chi connectivity index (χ0n) is 4.36. The van der Waals surface area contributed by atoms with Crippen molar-refractivity contribution in [3.8, 4) is 5.40 Å². The Balaban J connectivity index is -0.0000000275. The summed E-state index contributed by atoms with van der Waals surface area (Å²) in [5.41, 5.74) is 0. The normalized spacial score (nSPS) is 2.17. The molecule has 0 aromatic carbocycles. The minimum Gasteiger partial charge on any atom is -0.696 e. The second kappa shape index (κ2) is 43.3. The predicted octanol–water partition coefficient (Wildman–Crippen LogP) is -1.96. The molecular weight excluding hydrogens is 105 g/mol. The van der Waals surface area contributed by atoms with E-state index in [4.69, 9.17) is 5.26 Å². The monoisotopic (exact) mass is 111 g/mol. The van der Waals surface area contributed by atoms with Gasteiger partial charge in [-0.25, -0.2) is 5.26 Å². The maximum Gasteiger partial charge on any atom is 1.00 e. The second-order valence-electron chi connectivity index (χ2n) is 0.0913. The molecule has 0 aliphatic carbocycles. The van der Waals surface area contributed by atoms with Gasteiger partial charge >= 0.3 is 29.6 Å². The Morgan fingerprint density at radius 3 is 1.50 bits per heavy atom. The molecule has 0 atom stereocenters. The van der Waals surface area contributed by atoms with Gasteiger partial charge in [0, 0.05) is 0 Å². The first-order chi connectivity index (χ1) is 2.41. The molecule has 0 aromatic heterocycles. The van der Waals surface area contributed by atoms with Gasteiger partial charge < -0.3 is 12.6 Å². The van der Waals surface area contributed by atoms with E-state index < -0.39 is 0 Å². The SMILES string of the molecule is CC.N#C[S-].[Na+]. The van der Waals surface area contributed by atoms with Gasteiger partial charge in [0.05, 0.1) is 0 Å². The number of thiocyanates is 1. The van der Waals surface area contributed by atoms with Crippen molar-refractivity contribution in [3.05, 3.63) is 0 Å². The first-order valence-electron chi connectivity index (χ1n) is 1.43. The predicted molar refractivity (Wildman–Crippen MR) is 24.3 cm³/mol. The summed E-state index contributed by atoms with van der Waals surface area (Å²) in [6, 6.07) is 0. The average Bonchev–Trinajstić information content (AvgIpc) is 1.46. The van der Waals surface area contributed by atoms with E-state index in [-0.39, 0.29) is 29.6 Å². The number of nitrogens with zero attached hydrogens (tertiary/aromatic N) is 1. The van der Waals surface area contributed by atoms with Crippen LogP contribution in [-0.4, -0.2) is 0 Å². The zero-order valence-corrected chi connectivity index (χ0v) is 7.17. The van der Waals surface area contributed by atoms with Gasteiger partial charge in [-0.05, 0) is 0 Å². The van der Waals surface area contributed by atoms with Crippen LogP contribution in [0.4, 0.5) is 0 Å². The van der Waals surface area contributed by atoms with Gasteiger partial charge in [0.15, 0.2) is 0 Å². The third-order valence-electron chi connectivity index (χ3n) is 0. The van der Waals surface area contributed by atoms with Crippen molar-refractivity contribution in [3.63, 3.8) is 0 Å². The maximum absolute atomic E-state index is 7.13. The molecular formula is C3H6NNaS. The van der Waals surface area contributed by atoms with Gasteiger partial charge in [-0.3, -0.25) is 0 Å². The summed E-state index contributed by atoms with van der Waals surface area (Å²) < 4.78 is 0. The largest absolute Gasteiger partial charge is 1.00 e. The fourth-order valence-corrected chi connectivity index (χ4v) is 0. The molecule has 0 aliphatic heterocycles. The Hall–Kier alpha value is 0.710. The molecule has 0 unspecified atom stereocenters. The Morgan fingerprint density at radius 2 is 1.50 bits per heavy atom. The average molecular weight is 111 g/mol. The van der Waals surface area contributed by atoms with Crippen molar-refractivity contribution in [2.45, 2.75) is 13.8 Å². The topological polar surface area (TPSA) is 23.8 Å². The Kier molecular flexibility index (Phi) is 115. The maximum atomic E-state index is 7.13. The third kappa shape index (κ3) is 129. The summed E-state index contributed by atoms with van der Waals surface area (Å²) in [6.45, 7) is 4.00. The smallest absolute Gasteiger partial charge is 0.696 e. The van der Waals surface area contributed by atoms with E-state index in [9.17, 15) is 0 Å². The van der Waals surface area contributed by atoms with Crippen LogP contribution < -0.4 is 29.6 Å². The molecule has 0 spiro atoms. The van der Waals surface area contributed by atoms with E-state index in [1.807, 2.05) is 13.8 Å². The molecule has 6 heavy (non-hydrogen) atoms. The fourth-order valence-electron chi connectivity index (χ4n) is 0. The van der Waals surface area contributed by atoms with Crippen LogP contribution in [0.25, 0.3) is 0 Å². The summed E-state index contributed by atoms with van der Waals surface area (Å²) in [4.78, 5) is 0. The second-order valence-corrected chi connectivity index (χ2v) is 0.274. The van der Waals surface area contributed by atoms with E-state index in [2.05, 4.69) is 12.6 Å². The number of hydrogen-bond donors (Lipinski definition) is 0.